The molecule has 0 aliphatic heterocycles. The van der Waals surface area contributed by atoms with Crippen LogP contribution in [0.25, 0.3) is 0 Å². The van der Waals surface area contributed by atoms with E-state index in [1.54, 1.807) is 31.2 Å². The normalized spacial score (nSPS) is 13.2. The molecule has 17 heavy (non-hydrogen) atoms. The second kappa shape index (κ2) is 6.03. The zero-order valence-electron chi connectivity index (χ0n) is 10.4. The highest BCUT2D eigenvalue weighted by atomic mass is 16.4. The number of carbonyl (C=O) groups excluding carboxylic acids is 1. The van der Waals surface area contributed by atoms with Crippen molar-refractivity contribution in [1.29, 1.82) is 0 Å². The lowest BCUT2D eigenvalue weighted by Gasteiger charge is -2.10. The minimum Gasteiger partial charge on any atom is -0.411 e. The molecular weight excluding hydrogens is 216 g/mol. The van der Waals surface area contributed by atoms with Crippen molar-refractivity contribution >= 4 is 17.3 Å². The number of anilines is 1. The van der Waals surface area contributed by atoms with Gasteiger partial charge in [-0.2, -0.15) is 0 Å². The summed E-state index contributed by atoms with van der Waals surface area (Å²) < 4.78 is 0. The van der Waals surface area contributed by atoms with Crippen LogP contribution in [0, 0.1) is 5.92 Å². The van der Waals surface area contributed by atoms with E-state index in [0.29, 0.717) is 5.71 Å². The number of nitrogens with zero attached hydrogens (tertiary/aromatic N) is 1. The third-order valence-corrected chi connectivity index (χ3v) is 2.78. The van der Waals surface area contributed by atoms with Crippen LogP contribution in [-0.2, 0) is 4.79 Å². The van der Waals surface area contributed by atoms with Gasteiger partial charge in [-0.05, 0) is 31.0 Å². The Hall–Kier alpha value is -1.84. The Labute approximate surface area is 101 Å². The first-order valence-electron chi connectivity index (χ1n) is 5.68. The second-order valence-corrected chi connectivity index (χ2v) is 4.06. The van der Waals surface area contributed by atoms with Crippen LogP contribution in [0.3, 0.4) is 0 Å². The second-order valence-electron chi connectivity index (χ2n) is 4.06. The molecule has 0 aromatic heterocycles. The fraction of sp³-hybridized carbons (Fsp3) is 0.385. The number of carbonyl (C=O) groups is 1. The highest BCUT2D eigenvalue weighted by Gasteiger charge is 2.10. The van der Waals surface area contributed by atoms with E-state index in [2.05, 4.69) is 10.5 Å². The standard InChI is InChI=1S/C13H18N2O2/c1-4-9(2)13(16)14-12-7-5-11(6-8-12)10(3)15-17/h5-9,17H,4H2,1-3H3,(H,14,16)/b15-10+. The van der Waals surface area contributed by atoms with Gasteiger partial charge in [0.05, 0.1) is 5.71 Å². The van der Waals surface area contributed by atoms with Crippen LogP contribution < -0.4 is 5.32 Å². The first-order chi connectivity index (χ1) is 8.08. The van der Waals surface area contributed by atoms with Gasteiger partial charge in [0.15, 0.2) is 0 Å². The van der Waals surface area contributed by atoms with Crippen LogP contribution in [0.5, 0.6) is 0 Å². The molecule has 0 saturated carbocycles. The van der Waals surface area contributed by atoms with Crippen LogP contribution in [0.15, 0.2) is 29.4 Å². The summed E-state index contributed by atoms with van der Waals surface area (Å²) in [5.74, 6) is 0.0308. The van der Waals surface area contributed by atoms with E-state index < -0.39 is 0 Å². The number of rotatable bonds is 4. The van der Waals surface area contributed by atoms with Crippen molar-refractivity contribution in [2.24, 2.45) is 11.1 Å². The molecule has 0 fully saturated rings. The molecule has 1 rings (SSSR count). The number of oxime groups is 1. The van der Waals surface area contributed by atoms with Gasteiger partial charge < -0.3 is 10.5 Å². The maximum absolute atomic E-state index is 11.6. The van der Waals surface area contributed by atoms with Gasteiger partial charge in [-0.1, -0.05) is 31.1 Å². The minimum atomic E-state index is 0.00965. The zero-order valence-corrected chi connectivity index (χ0v) is 10.4. The minimum absolute atomic E-state index is 0.00965. The molecule has 92 valence electrons. The van der Waals surface area contributed by atoms with Gasteiger partial charge in [0.25, 0.3) is 0 Å². The maximum atomic E-state index is 11.6. The van der Waals surface area contributed by atoms with E-state index in [1.807, 2.05) is 13.8 Å². The van der Waals surface area contributed by atoms with Gasteiger partial charge in [-0.3, -0.25) is 4.79 Å². The lowest BCUT2D eigenvalue weighted by molar-refractivity contribution is -0.119. The van der Waals surface area contributed by atoms with Gasteiger partial charge in [-0.25, -0.2) is 0 Å². The van der Waals surface area contributed by atoms with E-state index in [4.69, 9.17) is 5.21 Å². The lowest BCUT2D eigenvalue weighted by Crippen LogP contribution is -2.19. The van der Waals surface area contributed by atoms with Gasteiger partial charge in [-0.15, -0.1) is 0 Å². The number of hydrogen-bond donors (Lipinski definition) is 2. The van der Waals surface area contributed by atoms with Gasteiger partial charge in [0, 0.05) is 11.6 Å². The molecule has 0 aliphatic rings. The fourth-order valence-electron chi connectivity index (χ4n) is 1.30. The quantitative estimate of drug-likeness (QED) is 0.478. The Kier molecular flexibility index (Phi) is 4.69. The smallest absolute Gasteiger partial charge is 0.227 e. The molecule has 0 aliphatic carbocycles. The van der Waals surface area contributed by atoms with E-state index in [1.165, 1.54) is 0 Å². The monoisotopic (exact) mass is 234 g/mol. The average molecular weight is 234 g/mol. The summed E-state index contributed by atoms with van der Waals surface area (Å²) in [5, 5.41) is 14.6. The molecule has 1 amide bonds. The summed E-state index contributed by atoms with van der Waals surface area (Å²) in [7, 11) is 0. The van der Waals surface area contributed by atoms with Crippen molar-refractivity contribution in [2.75, 3.05) is 5.32 Å². The average Bonchev–Trinajstić information content (AvgIpc) is 2.37. The third-order valence-electron chi connectivity index (χ3n) is 2.78. The maximum Gasteiger partial charge on any atom is 0.227 e. The predicted molar refractivity (Wildman–Crippen MR) is 68.5 cm³/mol. The van der Waals surface area contributed by atoms with Gasteiger partial charge in [0.2, 0.25) is 5.91 Å². The molecule has 1 atom stereocenters. The Morgan fingerprint density at radius 2 is 2.00 bits per heavy atom. The first-order valence-corrected chi connectivity index (χ1v) is 5.68. The van der Waals surface area contributed by atoms with Crippen molar-refractivity contribution in [1.82, 2.24) is 0 Å². The number of amides is 1. The first kappa shape index (κ1) is 13.2. The molecule has 0 spiro atoms. The van der Waals surface area contributed by atoms with Crippen LogP contribution in [0.4, 0.5) is 5.69 Å². The SMILES string of the molecule is CCC(C)C(=O)Nc1ccc(/C(C)=N/O)cc1. The van der Waals surface area contributed by atoms with Crippen LogP contribution in [0.1, 0.15) is 32.8 Å². The molecule has 0 radical (unpaired) electrons. The van der Waals surface area contributed by atoms with Crippen LogP contribution in [-0.4, -0.2) is 16.8 Å². The highest BCUT2D eigenvalue weighted by molar-refractivity contribution is 5.99. The van der Waals surface area contributed by atoms with Crippen molar-refractivity contribution < 1.29 is 10.0 Å². The molecule has 0 saturated heterocycles. The van der Waals surface area contributed by atoms with E-state index in [-0.39, 0.29) is 11.8 Å². The summed E-state index contributed by atoms with van der Waals surface area (Å²) in [4.78, 5) is 11.6. The molecule has 1 aromatic carbocycles. The largest absolute Gasteiger partial charge is 0.411 e. The summed E-state index contributed by atoms with van der Waals surface area (Å²) >= 11 is 0. The molecule has 1 aromatic rings. The molecule has 4 heteroatoms. The Balaban J connectivity index is 2.72. The molecule has 0 heterocycles. The Morgan fingerprint density at radius 3 is 2.47 bits per heavy atom. The van der Waals surface area contributed by atoms with Crippen molar-refractivity contribution in [3.63, 3.8) is 0 Å². The third kappa shape index (κ3) is 3.59. The number of hydrogen-bond acceptors (Lipinski definition) is 3. The van der Waals surface area contributed by atoms with Crippen LogP contribution >= 0.6 is 0 Å². The van der Waals surface area contributed by atoms with Gasteiger partial charge in [0.1, 0.15) is 0 Å². The molecule has 2 N–H and O–H groups in total. The van der Waals surface area contributed by atoms with E-state index in [0.717, 1.165) is 17.7 Å². The van der Waals surface area contributed by atoms with Crippen molar-refractivity contribution in [3.8, 4) is 0 Å². The predicted octanol–water partition coefficient (Wildman–Crippen LogP) is 2.87. The van der Waals surface area contributed by atoms with E-state index >= 15 is 0 Å². The fourth-order valence-corrected chi connectivity index (χ4v) is 1.30. The molecule has 0 bridgehead atoms. The topological polar surface area (TPSA) is 61.7 Å². The molecular formula is C13H18N2O2. The van der Waals surface area contributed by atoms with Crippen LogP contribution in [0.2, 0.25) is 0 Å². The number of benzene rings is 1. The summed E-state index contributed by atoms with van der Waals surface area (Å²) in [6.45, 7) is 5.59. The number of nitrogens with one attached hydrogen (secondary N) is 1. The summed E-state index contributed by atoms with van der Waals surface area (Å²) in [5.41, 5.74) is 2.13. The van der Waals surface area contributed by atoms with Gasteiger partial charge >= 0.3 is 0 Å². The highest BCUT2D eigenvalue weighted by Crippen LogP contribution is 2.12. The molecule has 4 nitrogen and oxygen atoms in total. The Bertz CT molecular complexity index is 410. The summed E-state index contributed by atoms with van der Waals surface area (Å²) in [6, 6.07) is 7.21. The molecule has 1 unspecified atom stereocenters. The Morgan fingerprint density at radius 1 is 1.41 bits per heavy atom. The zero-order chi connectivity index (χ0) is 12.8. The lowest BCUT2D eigenvalue weighted by atomic mass is 10.1. The van der Waals surface area contributed by atoms with E-state index in [9.17, 15) is 4.79 Å². The van der Waals surface area contributed by atoms with Crippen molar-refractivity contribution in [3.05, 3.63) is 29.8 Å². The summed E-state index contributed by atoms with van der Waals surface area (Å²) in [6.07, 6.45) is 0.820. The van der Waals surface area contributed by atoms with Crippen molar-refractivity contribution in [2.45, 2.75) is 27.2 Å².